The summed E-state index contributed by atoms with van der Waals surface area (Å²) in [6.45, 7) is 2.20. The van der Waals surface area contributed by atoms with Crippen molar-refractivity contribution in [1.82, 2.24) is 4.98 Å². The number of anilines is 1. The maximum absolute atomic E-state index is 13.4. The van der Waals surface area contributed by atoms with E-state index in [1.165, 1.54) is 12.1 Å². The highest BCUT2D eigenvalue weighted by molar-refractivity contribution is 6.10. The van der Waals surface area contributed by atoms with E-state index in [2.05, 4.69) is 0 Å². The minimum Gasteiger partial charge on any atom is -0.478 e. The SMILES string of the molecule is O=C(O)c1c(N2CCOCC2)c(-c2ccc(F)cc2)nc2ccccc12. The molecular weight excluding hydrogens is 335 g/mol. The summed E-state index contributed by atoms with van der Waals surface area (Å²) in [6.07, 6.45) is 0. The number of aromatic nitrogens is 1. The lowest BCUT2D eigenvalue weighted by atomic mass is 9.99. The van der Waals surface area contributed by atoms with Crippen LogP contribution in [0.2, 0.25) is 0 Å². The Morgan fingerprint density at radius 3 is 2.46 bits per heavy atom. The number of nitrogens with zero attached hydrogens (tertiary/aromatic N) is 2. The van der Waals surface area contributed by atoms with Crippen LogP contribution in [-0.4, -0.2) is 42.4 Å². The number of benzene rings is 2. The monoisotopic (exact) mass is 352 g/mol. The fraction of sp³-hybridized carbons (Fsp3) is 0.200. The third-order valence-electron chi connectivity index (χ3n) is 4.53. The number of carboxylic acids is 1. The van der Waals surface area contributed by atoms with Crippen LogP contribution in [0.4, 0.5) is 10.1 Å². The van der Waals surface area contributed by atoms with Gasteiger partial charge in [0.25, 0.3) is 0 Å². The van der Waals surface area contributed by atoms with E-state index in [-0.39, 0.29) is 11.4 Å². The Balaban J connectivity index is 2.04. The van der Waals surface area contributed by atoms with Crippen molar-refractivity contribution in [3.05, 3.63) is 59.9 Å². The number of fused-ring (bicyclic) bond motifs is 1. The van der Waals surface area contributed by atoms with Crippen molar-refractivity contribution >= 4 is 22.6 Å². The number of morpholine rings is 1. The maximum atomic E-state index is 13.4. The van der Waals surface area contributed by atoms with E-state index < -0.39 is 5.97 Å². The largest absolute Gasteiger partial charge is 0.478 e. The van der Waals surface area contributed by atoms with Gasteiger partial charge in [-0.2, -0.15) is 0 Å². The molecule has 2 aromatic carbocycles. The number of para-hydroxylation sites is 1. The van der Waals surface area contributed by atoms with Gasteiger partial charge in [-0.05, 0) is 30.3 Å². The lowest BCUT2D eigenvalue weighted by Gasteiger charge is -2.31. The van der Waals surface area contributed by atoms with Crippen LogP contribution in [-0.2, 0) is 4.74 Å². The van der Waals surface area contributed by atoms with Crippen molar-refractivity contribution in [3.8, 4) is 11.3 Å². The number of hydrogen-bond acceptors (Lipinski definition) is 4. The molecule has 0 spiro atoms. The smallest absolute Gasteiger partial charge is 0.338 e. The Labute approximate surface area is 149 Å². The summed E-state index contributed by atoms with van der Waals surface area (Å²) in [5.74, 6) is -1.35. The van der Waals surface area contributed by atoms with Crippen molar-refractivity contribution in [3.63, 3.8) is 0 Å². The zero-order valence-corrected chi connectivity index (χ0v) is 14.0. The van der Waals surface area contributed by atoms with Crippen molar-refractivity contribution in [2.75, 3.05) is 31.2 Å². The second kappa shape index (κ2) is 6.72. The molecule has 0 radical (unpaired) electrons. The van der Waals surface area contributed by atoms with E-state index in [0.29, 0.717) is 54.2 Å². The van der Waals surface area contributed by atoms with E-state index in [0.717, 1.165) is 0 Å². The molecule has 2 heterocycles. The van der Waals surface area contributed by atoms with Crippen molar-refractivity contribution in [2.24, 2.45) is 0 Å². The highest BCUT2D eigenvalue weighted by Gasteiger charge is 2.26. The summed E-state index contributed by atoms with van der Waals surface area (Å²) < 4.78 is 18.8. The molecule has 0 bridgehead atoms. The van der Waals surface area contributed by atoms with Gasteiger partial charge in [0.05, 0.1) is 35.7 Å². The summed E-state index contributed by atoms with van der Waals surface area (Å²) in [5, 5.41) is 10.6. The molecule has 1 fully saturated rings. The molecule has 26 heavy (non-hydrogen) atoms. The zero-order chi connectivity index (χ0) is 18.1. The van der Waals surface area contributed by atoms with Crippen LogP contribution < -0.4 is 4.90 Å². The minimum atomic E-state index is -1.01. The van der Waals surface area contributed by atoms with Gasteiger partial charge in [0.1, 0.15) is 5.82 Å². The van der Waals surface area contributed by atoms with E-state index in [1.54, 1.807) is 30.3 Å². The van der Waals surface area contributed by atoms with Gasteiger partial charge in [-0.15, -0.1) is 0 Å². The molecule has 0 saturated carbocycles. The first-order chi connectivity index (χ1) is 12.6. The third kappa shape index (κ3) is 2.88. The van der Waals surface area contributed by atoms with E-state index in [4.69, 9.17) is 9.72 Å². The second-order valence-electron chi connectivity index (χ2n) is 6.11. The first-order valence-corrected chi connectivity index (χ1v) is 8.40. The van der Waals surface area contributed by atoms with Crippen LogP contribution in [0.5, 0.6) is 0 Å². The minimum absolute atomic E-state index is 0.219. The highest BCUT2D eigenvalue weighted by atomic mass is 19.1. The molecule has 1 aliphatic rings. The molecular formula is C20H17FN2O3. The van der Waals surface area contributed by atoms with Crippen LogP contribution in [0.1, 0.15) is 10.4 Å². The third-order valence-corrected chi connectivity index (χ3v) is 4.53. The number of halogens is 1. The quantitative estimate of drug-likeness (QED) is 0.781. The first-order valence-electron chi connectivity index (χ1n) is 8.40. The van der Waals surface area contributed by atoms with Crippen LogP contribution >= 0.6 is 0 Å². The fourth-order valence-corrected chi connectivity index (χ4v) is 3.32. The molecule has 6 heteroatoms. The second-order valence-corrected chi connectivity index (χ2v) is 6.11. The normalized spacial score (nSPS) is 14.6. The summed E-state index contributed by atoms with van der Waals surface area (Å²) in [6, 6.07) is 13.2. The molecule has 3 aromatic rings. The van der Waals surface area contributed by atoms with E-state index in [1.807, 2.05) is 11.0 Å². The van der Waals surface area contributed by atoms with Crippen LogP contribution in [0.25, 0.3) is 22.2 Å². The molecule has 0 unspecified atom stereocenters. The van der Waals surface area contributed by atoms with Gasteiger partial charge in [-0.25, -0.2) is 14.2 Å². The van der Waals surface area contributed by atoms with Crippen molar-refractivity contribution in [2.45, 2.75) is 0 Å². The summed E-state index contributed by atoms with van der Waals surface area (Å²) in [7, 11) is 0. The standard InChI is InChI=1S/C20H17FN2O3/c21-14-7-5-13(6-8-14)18-19(23-9-11-26-12-10-23)17(20(24)25)15-3-1-2-4-16(15)22-18/h1-8H,9-12H2,(H,24,25). The summed E-state index contributed by atoms with van der Waals surface area (Å²) in [4.78, 5) is 18.9. The molecule has 1 aliphatic heterocycles. The highest BCUT2D eigenvalue weighted by Crippen LogP contribution is 2.37. The molecule has 5 nitrogen and oxygen atoms in total. The molecule has 0 atom stereocenters. The average molecular weight is 352 g/mol. The fourth-order valence-electron chi connectivity index (χ4n) is 3.32. The first kappa shape index (κ1) is 16.5. The predicted molar refractivity (Wildman–Crippen MR) is 97.1 cm³/mol. The van der Waals surface area contributed by atoms with Gasteiger partial charge in [0.2, 0.25) is 0 Å². The van der Waals surface area contributed by atoms with Gasteiger partial charge >= 0.3 is 5.97 Å². The molecule has 1 N–H and O–H groups in total. The number of carboxylic acid groups (broad SMARTS) is 1. The van der Waals surface area contributed by atoms with Crippen LogP contribution in [0.3, 0.4) is 0 Å². The Morgan fingerprint density at radius 1 is 1.08 bits per heavy atom. The Kier molecular flexibility index (Phi) is 4.26. The van der Waals surface area contributed by atoms with Crippen molar-refractivity contribution in [1.29, 1.82) is 0 Å². The number of carbonyl (C=O) groups is 1. The Hall–Kier alpha value is -2.99. The number of hydrogen-bond donors (Lipinski definition) is 1. The predicted octanol–water partition coefficient (Wildman–Crippen LogP) is 3.58. The molecule has 0 amide bonds. The van der Waals surface area contributed by atoms with Crippen LogP contribution in [0.15, 0.2) is 48.5 Å². The number of ether oxygens (including phenoxy) is 1. The molecule has 0 aliphatic carbocycles. The average Bonchev–Trinajstić information content (AvgIpc) is 2.67. The summed E-state index contributed by atoms with van der Waals surface area (Å²) >= 11 is 0. The van der Waals surface area contributed by atoms with Crippen LogP contribution in [0, 0.1) is 5.82 Å². The Bertz CT molecular complexity index is 967. The van der Waals surface area contributed by atoms with Gasteiger partial charge < -0.3 is 14.7 Å². The van der Waals surface area contributed by atoms with E-state index in [9.17, 15) is 14.3 Å². The van der Waals surface area contributed by atoms with Crippen molar-refractivity contribution < 1.29 is 19.0 Å². The number of aromatic carboxylic acids is 1. The Morgan fingerprint density at radius 2 is 1.77 bits per heavy atom. The van der Waals surface area contributed by atoms with Gasteiger partial charge in [-0.1, -0.05) is 18.2 Å². The number of pyridine rings is 1. The topological polar surface area (TPSA) is 62.7 Å². The zero-order valence-electron chi connectivity index (χ0n) is 14.0. The van der Waals surface area contributed by atoms with Gasteiger partial charge in [0.15, 0.2) is 0 Å². The molecule has 1 aromatic heterocycles. The molecule has 4 rings (SSSR count). The number of rotatable bonds is 3. The lowest BCUT2D eigenvalue weighted by Crippen LogP contribution is -2.37. The van der Waals surface area contributed by atoms with Gasteiger partial charge in [-0.3, -0.25) is 0 Å². The molecule has 1 saturated heterocycles. The maximum Gasteiger partial charge on any atom is 0.338 e. The lowest BCUT2D eigenvalue weighted by molar-refractivity contribution is 0.0698. The van der Waals surface area contributed by atoms with E-state index >= 15 is 0 Å². The summed E-state index contributed by atoms with van der Waals surface area (Å²) in [5.41, 5.74) is 2.60. The van der Waals surface area contributed by atoms with Gasteiger partial charge in [0, 0.05) is 24.0 Å². The molecule has 132 valence electrons.